The minimum atomic E-state index is -5.08. The molecule has 0 aromatic heterocycles. The standard InChI is InChI=1S/C15H22N2O2.C2HF3O2/c1-16(13-5-3-2-4-6-13)14-7-10-17(11-8-14)12-9-15(18)19;3-2(4,5)1(6)7/h2-6,14H,7-12H2,1H3,(H,18,19);(H,6,7). The van der Waals surface area contributed by atoms with E-state index in [9.17, 15) is 18.0 Å². The van der Waals surface area contributed by atoms with Crippen molar-refractivity contribution in [2.75, 3.05) is 31.6 Å². The zero-order valence-corrected chi connectivity index (χ0v) is 14.4. The van der Waals surface area contributed by atoms with Gasteiger partial charge in [-0.15, -0.1) is 0 Å². The molecule has 1 saturated heterocycles. The number of halogens is 3. The van der Waals surface area contributed by atoms with E-state index in [0.29, 0.717) is 12.6 Å². The number of likely N-dealkylation sites (tertiary alicyclic amines) is 1. The van der Waals surface area contributed by atoms with Crippen molar-refractivity contribution in [3.63, 3.8) is 0 Å². The number of aliphatic carboxylic acids is 2. The molecule has 2 rings (SSSR count). The molecule has 1 aliphatic rings. The maximum Gasteiger partial charge on any atom is 0.490 e. The molecule has 146 valence electrons. The molecule has 26 heavy (non-hydrogen) atoms. The number of alkyl halides is 3. The van der Waals surface area contributed by atoms with Gasteiger partial charge in [-0.1, -0.05) is 18.2 Å². The third-order valence-electron chi connectivity index (χ3n) is 4.15. The van der Waals surface area contributed by atoms with E-state index < -0.39 is 18.1 Å². The Morgan fingerprint density at radius 1 is 1.15 bits per heavy atom. The molecule has 0 bridgehead atoms. The predicted octanol–water partition coefficient (Wildman–Crippen LogP) is 2.70. The summed E-state index contributed by atoms with van der Waals surface area (Å²) in [4.78, 5) is 24.1. The van der Waals surface area contributed by atoms with E-state index in [0.717, 1.165) is 25.9 Å². The van der Waals surface area contributed by atoms with E-state index in [1.54, 1.807) is 0 Å². The molecule has 1 fully saturated rings. The number of carboxylic acids is 2. The van der Waals surface area contributed by atoms with Crippen molar-refractivity contribution in [1.82, 2.24) is 4.90 Å². The molecule has 9 heteroatoms. The summed E-state index contributed by atoms with van der Waals surface area (Å²) in [5, 5.41) is 15.8. The minimum absolute atomic E-state index is 0.249. The highest BCUT2D eigenvalue weighted by Gasteiger charge is 2.38. The lowest BCUT2D eigenvalue weighted by molar-refractivity contribution is -0.192. The van der Waals surface area contributed by atoms with Gasteiger partial charge < -0.3 is 20.0 Å². The van der Waals surface area contributed by atoms with E-state index in [1.165, 1.54) is 5.69 Å². The van der Waals surface area contributed by atoms with Crippen LogP contribution in [-0.2, 0) is 9.59 Å². The zero-order chi connectivity index (χ0) is 19.7. The van der Waals surface area contributed by atoms with Crippen LogP contribution in [0, 0.1) is 0 Å². The highest BCUT2D eigenvalue weighted by atomic mass is 19.4. The van der Waals surface area contributed by atoms with Gasteiger partial charge in [-0.25, -0.2) is 4.79 Å². The number of piperidine rings is 1. The molecule has 1 heterocycles. The lowest BCUT2D eigenvalue weighted by Crippen LogP contribution is -2.44. The lowest BCUT2D eigenvalue weighted by atomic mass is 10.0. The quantitative estimate of drug-likeness (QED) is 0.822. The number of hydrogen-bond donors (Lipinski definition) is 2. The monoisotopic (exact) mass is 376 g/mol. The summed E-state index contributed by atoms with van der Waals surface area (Å²) < 4.78 is 31.7. The SMILES string of the molecule is CN(c1ccccc1)C1CCN(CCC(=O)O)CC1.O=C(O)C(F)(F)F. The Balaban J connectivity index is 0.000000412. The van der Waals surface area contributed by atoms with E-state index in [1.807, 2.05) is 6.07 Å². The Morgan fingerprint density at radius 3 is 2.08 bits per heavy atom. The molecule has 0 saturated carbocycles. The maximum absolute atomic E-state index is 10.6. The average Bonchev–Trinajstić information content (AvgIpc) is 2.60. The van der Waals surface area contributed by atoms with Crippen LogP contribution in [0.25, 0.3) is 0 Å². The molecule has 1 aromatic carbocycles. The minimum Gasteiger partial charge on any atom is -0.481 e. The normalized spacial score (nSPS) is 15.7. The summed E-state index contributed by atoms with van der Waals surface area (Å²) in [6.45, 7) is 2.67. The summed E-state index contributed by atoms with van der Waals surface area (Å²) in [6.07, 6.45) is -2.63. The molecule has 0 amide bonds. The molecule has 6 nitrogen and oxygen atoms in total. The Labute approximate surface area is 149 Å². The van der Waals surface area contributed by atoms with Gasteiger partial charge in [-0.05, 0) is 25.0 Å². The number of para-hydroxylation sites is 1. The van der Waals surface area contributed by atoms with Crippen molar-refractivity contribution in [1.29, 1.82) is 0 Å². The van der Waals surface area contributed by atoms with Crippen molar-refractivity contribution in [3.8, 4) is 0 Å². The summed E-state index contributed by atoms with van der Waals surface area (Å²) >= 11 is 0. The van der Waals surface area contributed by atoms with Gasteiger partial charge in [0.25, 0.3) is 0 Å². The number of carboxylic acid groups (broad SMARTS) is 2. The first-order valence-corrected chi connectivity index (χ1v) is 8.13. The Kier molecular flexibility index (Phi) is 8.37. The van der Waals surface area contributed by atoms with Crippen molar-refractivity contribution < 1.29 is 33.0 Å². The molecule has 0 unspecified atom stereocenters. The Bertz CT molecular complexity index is 573. The number of carbonyl (C=O) groups is 2. The van der Waals surface area contributed by atoms with Crippen LogP contribution in [0.15, 0.2) is 30.3 Å². The molecule has 0 spiro atoms. The molecule has 0 radical (unpaired) electrons. The van der Waals surface area contributed by atoms with Crippen molar-refractivity contribution in [2.45, 2.75) is 31.5 Å². The molecular formula is C17H23F3N2O4. The first-order chi connectivity index (χ1) is 12.1. The van der Waals surface area contributed by atoms with E-state index >= 15 is 0 Å². The van der Waals surface area contributed by atoms with Gasteiger partial charge >= 0.3 is 18.1 Å². The van der Waals surface area contributed by atoms with Crippen LogP contribution in [0.4, 0.5) is 18.9 Å². The number of hydrogen-bond acceptors (Lipinski definition) is 4. The van der Waals surface area contributed by atoms with Crippen LogP contribution in [-0.4, -0.2) is 66.0 Å². The molecule has 0 atom stereocenters. The first kappa shape index (κ1) is 21.8. The van der Waals surface area contributed by atoms with E-state index in [4.69, 9.17) is 15.0 Å². The molecular weight excluding hydrogens is 353 g/mol. The largest absolute Gasteiger partial charge is 0.490 e. The van der Waals surface area contributed by atoms with Crippen molar-refractivity contribution >= 4 is 17.6 Å². The average molecular weight is 376 g/mol. The molecule has 2 N–H and O–H groups in total. The van der Waals surface area contributed by atoms with Crippen LogP contribution < -0.4 is 4.90 Å². The van der Waals surface area contributed by atoms with Crippen LogP contribution in [0.5, 0.6) is 0 Å². The van der Waals surface area contributed by atoms with Gasteiger partial charge in [0.2, 0.25) is 0 Å². The number of rotatable bonds is 5. The fourth-order valence-corrected chi connectivity index (χ4v) is 2.66. The first-order valence-electron chi connectivity index (χ1n) is 8.13. The second-order valence-electron chi connectivity index (χ2n) is 5.97. The Hall–Kier alpha value is -2.29. The fourth-order valence-electron chi connectivity index (χ4n) is 2.66. The number of nitrogens with zero attached hydrogens (tertiary/aromatic N) is 2. The van der Waals surface area contributed by atoms with Crippen LogP contribution in [0.2, 0.25) is 0 Å². The third-order valence-corrected chi connectivity index (χ3v) is 4.15. The highest BCUT2D eigenvalue weighted by molar-refractivity contribution is 5.73. The van der Waals surface area contributed by atoms with Crippen LogP contribution in [0.3, 0.4) is 0 Å². The second-order valence-corrected chi connectivity index (χ2v) is 5.97. The summed E-state index contributed by atoms with van der Waals surface area (Å²) in [5.74, 6) is -3.46. The van der Waals surface area contributed by atoms with E-state index in [2.05, 4.69) is 41.1 Å². The van der Waals surface area contributed by atoms with Gasteiger partial charge in [0.1, 0.15) is 0 Å². The lowest BCUT2D eigenvalue weighted by Gasteiger charge is -2.37. The van der Waals surface area contributed by atoms with Gasteiger partial charge in [0.05, 0.1) is 6.42 Å². The summed E-state index contributed by atoms with van der Waals surface area (Å²) in [7, 11) is 2.15. The summed E-state index contributed by atoms with van der Waals surface area (Å²) in [6, 6.07) is 11.0. The van der Waals surface area contributed by atoms with E-state index in [-0.39, 0.29) is 6.42 Å². The topological polar surface area (TPSA) is 81.1 Å². The van der Waals surface area contributed by atoms with Gasteiger partial charge in [0, 0.05) is 38.4 Å². The number of anilines is 1. The fraction of sp³-hybridized carbons (Fsp3) is 0.529. The third kappa shape index (κ3) is 7.73. The van der Waals surface area contributed by atoms with Gasteiger partial charge in [-0.2, -0.15) is 13.2 Å². The van der Waals surface area contributed by atoms with Gasteiger partial charge in [-0.3, -0.25) is 4.79 Å². The zero-order valence-electron chi connectivity index (χ0n) is 14.4. The van der Waals surface area contributed by atoms with Crippen LogP contribution >= 0.6 is 0 Å². The second kappa shape index (κ2) is 10.0. The van der Waals surface area contributed by atoms with Crippen molar-refractivity contribution in [2.24, 2.45) is 0 Å². The molecule has 1 aromatic rings. The molecule has 0 aliphatic carbocycles. The highest BCUT2D eigenvalue weighted by Crippen LogP contribution is 2.21. The molecule has 1 aliphatic heterocycles. The number of benzene rings is 1. The predicted molar refractivity (Wildman–Crippen MR) is 90.3 cm³/mol. The van der Waals surface area contributed by atoms with Crippen LogP contribution in [0.1, 0.15) is 19.3 Å². The van der Waals surface area contributed by atoms with Crippen molar-refractivity contribution in [3.05, 3.63) is 30.3 Å². The Morgan fingerprint density at radius 2 is 1.65 bits per heavy atom. The smallest absolute Gasteiger partial charge is 0.481 e. The maximum atomic E-state index is 10.6. The summed E-state index contributed by atoms with van der Waals surface area (Å²) in [5.41, 5.74) is 1.26. The van der Waals surface area contributed by atoms with Gasteiger partial charge in [0.15, 0.2) is 0 Å².